The Morgan fingerprint density at radius 1 is 1.44 bits per heavy atom. The summed E-state index contributed by atoms with van der Waals surface area (Å²) in [6.45, 7) is 3.45. The molecule has 0 aliphatic rings. The summed E-state index contributed by atoms with van der Waals surface area (Å²) in [5, 5.41) is 7.32. The normalized spacial score (nSPS) is 11.9. The molecule has 100 valence electrons. The maximum atomic E-state index is 11.6. The molecule has 5 nitrogen and oxygen atoms in total. The van der Waals surface area contributed by atoms with E-state index in [4.69, 9.17) is 5.73 Å². The summed E-state index contributed by atoms with van der Waals surface area (Å²) in [5.74, 6) is 0.0737. The summed E-state index contributed by atoms with van der Waals surface area (Å²) in [5.41, 5.74) is 5.45. The van der Waals surface area contributed by atoms with Crippen LogP contribution in [0.25, 0.3) is 0 Å². The summed E-state index contributed by atoms with van der Waals surface area (Å²) in [6, 6.07) is 3.57. The van der Waals surface area contributed by atoms with E-state index in [0.717, 1.165) is 0 Å². The minimum absolute atomic E-state index is 0.0678. The Balaban J connectivity index is 2.14. The van der Waals surface area contributed by atoms with Gasteiger partial charge in [0, 0.05) is 19.5 Å². The van der Waals surface area contributed by atoms with Gasteiger partial charge in [-0.1, -0.05) is 13.0 Å². The second kappa shape index (κ2) is 7.84. The molecule has 18 heavy (non-hydrogen) atoms. The molecule has 0 radical (unpaired) electrons. The van der Waals surface area contributed by atoms with Gasteiger partial charge >= 0.3 is 0 Å². The third kappa shape index (κ3) is 5.29. The summed E-state index contributed by atoms with van der Waals surface area (Å²) in [4.78, 5) is 23.6. The topological polar surface area (TPSA) is 84.2 Å². The van der Waals surface area contributed by atoms with Crippen molar-refractivity contribution in [2.75, 3.05) is 19.6 Å². The second-order valence-electron chi connectivity index (χ2n) is 4.13. The van der Waals surface area contributed by atoms with E-state index in [0.29, 0.717) is 24.5 Å². The van der Waals surface area contributed by atoms with Crippen molar-refractivity contribution in [2.45, 2.75) is 13.3 Å². The van der Waals surface area contributed by atoms with Gasteiger partial charge in [-0.15, -0.1) is 11.3 Å². The first kappa shape index (κ1) is 14.7. The molecule has 1 aromatic rings. The molecule has 4 N–H and O–H groups in total. The van der Waals surface area contributed by atoms with Crippen LogP contribution in [0.15, 0.2) is 17.5 Å². The first-order valence-electron chi connectivity index (χ1n) is 5.92. The zero-order valence-corrected chi connectivity index (χ0v) is 11.3. The van der Waals surface area contributed by atoms with Crippen molar-refractivity contribution >= 4 is 23.2 Å². The summed E-state index contributed by atoms with van der Waals surface area (Å²) in [7, 11) is 0. The van der Waals surface area contributed by atoms with Gasteiger partial charge in [-0.05, 0) is 23.9 Å². The number of nitrogens with one attached hydrogen (secondary N) is 2. The molecular weight excluding hydrogens is 250 g/mol. The fraction of sp³-hybridized carbons (Fsp3) is 0.500. The van der Waals surface area contributed by atoms with Crippen molar-refractivity contribution in [1.82, 2.24) is 10.6 Å². The Morgan fingerprint density at radius 2 is 2.22 bits per heavy atom. The Kier molecular flexibility index (Phi) is 6.38. The van der Waals surface area contributed by atoms with Crippen LogP contribution in [-0.4, -0.2) is 31.4 Å². The molecule has 0 saturated heterocycles. The van der Waals surface area contributed by atoms with E-state index >= 15 is 0 Å². The molecule has 1 atom stereocenters. The van der Waals surface area contributed by atoms with Crippen molar-refractivity contribution < 1.29 is 9.59 Å². The van der Waals surface area contributed by atoms with Gasteiger partial charge in [0.2, 0.25) is 5.91 Å². The van der Waals surface area contributed by atoms with Gasteiger partial charge in [-0.3, -0.25) is 9.59 Å². The van der Waals surface area contributed by atoms with Crippen LogP contribution in [0.2, 0.25) is 0 Å². The third-order valence-electron chi connectivity index (χ3n) is 2.43. The zero-order chi connectivity index (χ0) is 13.4. The quantitative estimate of drug-likeness (QED) is 0.677. The fourth-order valence-corrected chi connectivity index (χ4v) is 1.88. The smallest absolute Gasteiger partial charge is 0.261 e. The largest absolute Gasteiger partial charge is 0.356 e. The molecule has 0 fully saturated rings. The van der Waals surface area contributed by atoms with Gasteiger partial charge in [0.15, 0.2) is 0 Å². The molecule has 0 spiro atoms. The fourth-order valence-electron chi connectivity index (χ4n) is 1.24. The minimum atomic E-state index is -0.131. The van der Waals surface area contributed by atoms with Crippen molar-refractivity contribution in [3.05, 3.63) is 22.4 Å². The number of nitrogens with two attached hydrogens (primary N) is 1. The number of hydrogen-bond acceptors (Lipinski definition) is 4. The predicted molar refractivity (Wildman–Crippen MR) is 72.5 cm³/mol. The Labute approximate surface area is 111 Å². The van der Waals surface area contributed by atoms with E-state index in [1.165, 1.54) is 11.3 Å². The van der Waals surface area contributed by atoms with Crippen molar-refractivity contribution in [1.29, 1.82) is 0 Å². The molecule has 1 heterocycles. The second-order valence-corrected chi connectivity index (χ2v) is 5.08. The molecule has 0 saturated carbocycles. The van der Waals surface area contributed by atoms with Crippen LogP contribution in [0.5, 0.6) is 0 Å². The lowest BCUT2D eigenvalue weighted by atomic mass is 10.2. The highest BCUT2D eigenvalue weighted by molar-refractivity contribution is 7.12. The van der Waals surface area contributed by atoms with Gasteiger partial charge in [-0.2, -0.15) is 0 Å². The maximum absolute atomic E-state index is 11.6. The highest BCUT2D eigenvalue weighted by atomic mass is 32.1. The van der Waals surface area contributed by atoms with Crippen LogP contribution < -0.4 is 16.4 Å². The molecule has 1 aromatic heterocycles. The molecule has 1 rings (SSSR count). The van der Waals surface area contributed by atoms with Crippen LogP contribution in [0.4, 0.5) is 0 Å². The number of rotatable bonds is 7. The first-order chi connectivity index (χ1) is 8.63. The average Bonchev–Trinajstić information content (AvgIpc) is 2.89. The highest BCUT2D eigenvalue weighted by Crippen LogP contribution is 2.07. The van der Waals surface area contributed by atoms with E-state index in [1.807, 2.05) is 18.4 Å². The molecule has 0 aliphatic heterocycles. The molecule has 0 aliphatic carbocycles. The van der Waals surface area contributed by atoms with Crippen molar-refractivity contribution in [3.63, 3.8) is 0 Å². The van der Waals surface area contributed by atoms with E-state index < -0.39 is 0 Å². The molecule has 0 bridgehead atoms. The SMILES string of the molecule is CC(CN)CNC(=O)CCNC(=O)c1cccs1. The lowest BCUT2D eigenvalue weighted by Gasteiger charge is -2.10. The van der Waals surface area contributed by atoms with Crippen molar-refractivity contribution in [2.24, 2.45) is 11.7 Å². The lowest BCUT2D eigenvalue weighted by Crippen LogP contribution is -2.34. The van der Waals surface area contributed by atoms with E-state index in [2.05, 4.69) is 10.6 Å². The van der Waals surface area contributed by atoms with E-state index in [1.54, 1.807) is 6.07 Å². The van der Waals surface area contributed by atoms with Crippen LogP contribution in [0.1, 0.15) is 23.0 Å². The van der Waals surface area contributed by atoms with Crippen LogP contribution >= 0.6 is 11.3 Å². The summed E-state index contributed by atoms with van der Waals surface area (Å²) >= 11 is 1.38. The summed E-state index contributed by atoms with van der Waals surface area (Å²) < 4.78 is 0. The molecule has 0 aromatic carbocycles. The highest BCUT2D eigenvalue weighted by Gasteiger charge is 2.07. The van der Waals surface area contributed by atoms with E-state index in [9.17, 15) is 9.59 Å². The number of thiophene rings is 1. The lowest BCUT2D eigenvalue weighted by molar-refractivity contribution is -0.121. The zero-order valence-electron chi connectivity index (χ0n) is 10.4. The van der Waals surface area contributed by atoms with Gasteiger partial charge < -0.3 is 16.4 Å². The number of hydrogen-bond donors (Lipinski definition) is 3. The van der Waals surface area contributed by atoms with Gasteiger partial charge in [-0.25, -0.2) is 0 Å². The van der Waals surface area contributed by atoms with Gasteiger partial charge in [0.1, 0.15) is 0 Å². The number of amides is 2. The Hall–Kier alpha value is -1.40. The van der Waals surface area contributed by atoms with Crippen LogP contribution in [0, 0.1) is 5.92 Å². The third-order valence-corrected chi connectivity index (χ3v) is 3.30. The number of carbonyl (C=O) groups is 2. The molecule has 1 unspecified atom stereocenters. The standard InChI is InChI=1S/C12H19N3O2S/c1-9(7-13)8-15-11(16)4-5-14-12(17)10-3-2-6-18-10/h2-3,6,9H,4-5,7-8,13H2,1H3,(H,14,17)(H,15,16). The number of carbonyl (C=O) groups excluding carboxylic acids is 2. The maximum Gasteiger partial charge on any atom is 0.261 e. The van der Waals surface area contributed by atoms with E-state index in [-0.39, 0.29) is 24.2 Å². The average molecular weight is 269 g/mol. The van der Waals surface area contributed by atoms with Crippen molar-refractivity contribution in [3.8, 4) is 0 Å². The minimum Gasteiger partial charge on any atom is -0.356 e. The Morgan fingerprint density at radius 3 is 2.83 bits per heavy atom. The molecule has 6 heteroatoms. The molecule has 2 amide bonds. The Bertz CT molecular complexity index is 379. The summed E-state index contributed by atoms with van der Waals surface area (Å²) in [6.07, 6.45) is 0.286. The molecular formula is C12H19N3O2S. The van der Waals surface area contributed by atoms with Gasteiger partial charge in [0.25, 0.3) is 5.91 Å². The van der Waals surface area contributed by atoms with Crippen LogP contribution in [-0.2, 0) is 4.79 Å². The monoisotopic (exact) mass is 269 g/mol. The van der Waals surface area contributed by atoms with Gasteiger partial charge in [0.05, 0.1) is 4.88 Å². The first-order valence-corrected chi connectivity index (χ1v) is 6.80. The predicted octanol–water partition coefficient (Wildman–Crippen LogP) is 0.579. The van der Waals surface area contributed by atoms with Crippen LogP contribution in [0.3, 0.4) is 0 Å².